The van der Waals surface area contributed by atoms with Crippen LogP contribution in [0.1, 0.15) is 11.3 Å². The van der Waals surface area contributed by atoms with Gasteiger partial charge in [-0.1, -0.05) is 18.2 Å². The highest BCUT2D eigenvalue weighted by Crippen LogP contribution is 2.06. The van der Waals surface area contributed by atoms with Gasteiger partial charge in [0.05, 0.1) is 6.26 Å². The number of furan rings is 1. The highest BCUT2D eigenvalue weighted by Gasteiger charge is 2.02. The monoisotopic (exact) mass is 417 g/mol. The molecule has 0 bridgehead atoms. The third kappa shape index (κ3) is 6.05. The first-order valence-electron chi connectivity index (χ1n) is 7.00. The third-order valence-electron chi connectivity index (χ3n) is 3.11. The van der Waals surface area contributed by atoms with Gasteiger partial charge in [0.1, 0.15) is 11.6 Å². The average molecular weight is 417 g/mol. The molecule has 2 N–H and O–H groups in total. The van der Waals surface area contributed by atoms with Crippen molar-refractivity contribution >= 4 is 29.9 Å². The maximum Gasteiger partial charge on any atom is 0.191 e. The lowest BCUT2D eigenvalue weighted by Gasteiger charge is -2.11. The Labute approximate surface area is 147 Å². The molecule has 0 radical (unpaired) electrons. The second-order valence-corrected chi connectivity index (χ2v) is 4.60. The lowest BCUT2D eigenvalue weighted by molar-refractivity contribution is 0.507. The van der Waals surface area contributed by atoms with Crippen LogP contribution in [-0.2, 0) is 12.8 Å². The summed E-state index contributed by atoms with van der Waals surface area (Å²) in [4.78, 5) is 4.13. The molecule has 1 heterocycles. The fourth-order valence-corrected chi connectivity index (χ4v) is 2.00. The van der Waals surface area contributed by atoms with Crippen LogP contribution < -0.4 is 10.6 Å². The predicted molar refractivity (Wildman–Crippen MR) is 97.3 cm³/mol. The summed E-state index contributed by atoms with van der Waals surface area (Å²) >= 11 is 0. The number of halogens is 2. The summed E-state index contributed by atoms with van der Waals surface area (Å²) < 4.78 is 18.7. The first-order valence-corrected chi connectivity index (χ1v) is 7.00. The van der Waals surface area contributed by atoms with E-state index in [0.29, 0.717) is 24.5 Å². The molecule has 1 aromatic heterocycles. The van der Waals surface area contributed by atoms with Gasteiger partial charge >= 0.3 is 0 Å². The Morgan fingerprint density at radius 2 is 1.82 bits per heavy atom. The standard InChI is InChI=1S/C16H20FN3O.HI/c1-18-16(20-11-9-14-6-4-12-21-14)19-10-8-13-5-2-3-7-15(13)17;/h2-7,12H,8-11H2,1H3,(H2,18,19,20);1H. The Hall–Kier alpha value is -1.57. The molecule has 0 aliphatic carbocycles. The van der Waals surface area contributed by atoms with Gasteiger partial charge < -0.3 is 15.1 Å². The molecular weight excluding hydrogens is 396 g/mol. The van der Waals surface area contributed by atoms with Crippen LogP contribution in [0.2, 0.25) is 0 Å². The van der Waals surface area contributed by atoms with Gasteiger partial charge in [0.2, 0.25) is 0 Å². The SMILES string of the molecule is CN=C(NCCc1ccco1)NCCc1ccccc1F.I. The maximum atomic E-state index is 13.5. The van der Waals surface area contributed by atoms with Crippen molar-refractivity contribution < 1.29 is 8.81 Å². The van der Waals surface area contributed by atoms with E-state index in [0.717, 1.165) is 18.7 Å². The summed E-state index contributed by atoms with van der Waals surface area (Å²) in [6, 6.07) is 10.6. The minimum atomic E-state index is -0.167. The van der Waals surface area contributed by atoms with E-state index in [9.17, 15) is 4.39 Å². The van der Waals surface area contributed by atoms with Crippen molar-refractivity contribution in [3.63, 3.8) is 0 Å². The van der Waals surface area contributed by atoms with Crippen LogP contribution in [0.3, 0.4) is 0 Å². The summed E-state index contributed by atoms with van der Waals surface area (Å²) in [7, 11) is 1.71. The molecule has 0 unspecified atom stereocenters. The van der Waals surface area contributed by atoms with E-state index in [-0.39, 0.29) is 29.8 Å². The molecule has 120 valence electrons. The molecular formula is C16H21FIN3O. The van der Waals surface area contributed by atoms with E-state index in [1.165, 1.54) is 6.07 Å². The first kappa shape index (κ1) is 18.5. The van der Waals surface area contributed by atoms with Gasteiger partial charge in [-0.2, -0.15) is 0 Å². The Kier molecular flexibility index (Phi) is 8.57. The Balaban J connectivity index is 0.00000242. The number of hydrogen-bond donors (Lipinski definition) is 2. The molecule has 0 aliphatic rings. The number of aliphatic imine (C=N–C) groups is 1. The van der Waals surface area contributed by atoms with Crippen molar-refractivity contribution in [2.24, 2.45) is 4.99 Å². The molecule has 6 heteroatoms. The lowest BCUT2D eigenvalue weighted by atomic mass is 10.1. The van der Waals surface area contributed by atoms with Crippen LogP contribution in [0, 0.1) is 5.82 Å². The van der Waals surface area contributed by atoms with E-state index in [2.05, 4.69) is 15.6 Å². The van der Waals surface area contributed by atoms with Crippen LogP contribution in [0.5, 0.6) is 0 Å². The molecule has 2 rings (SSSR count). The summed E-state index contributed by atoms with van der Waals surface area (Å²) in [5, 5.41) is 6.36. The van der Waals surface area contributed by atoms with Gasteiger partial charge in [0.15, 0.2) is 5.96 Å². The topological polar surface area (TPSA) is 49.6 Å². The fraction of sp³-hybridized carbons (Fsp3) is 0.312. The number of rotatable bonds is 6. The molecule has 2 aromatic rings. The minimum Gasteiger partial charge on any atom is -0.469 e. The van der Waals surface area contributed by atoms with E-state index in [1.807, 2.05) is 18.2 Å². The molecule has 0 spiro atoms. The first-order chi connectivity index (χ1) is 10.3. The fourth-order valence-electron chi connectivity index (χ4n) is 2.00. The molecule has 0 saturated heterocycles. The Morgan fingerprint density at radius 3 is 2.45 bits per heavy atom. The third-order valence-corrected chi connectivity index (χ3v) is 3.11. The molecule has 0 aliphatic heterocycles. The number of guanidine groups is 1. The van der Waals surface area contributed by atoms with Crippen molar-refractivity contribution in [1.82, 2.24) is 10.6 Å². The predicted octanol–water partition coefficient (Wildman–Crippen LogP) is 2.99. The van der Waals surface area contributed by atoms with Gasteiger partial charge in [0.25, 0.3) is 0 Å². The van der Waals surface area contributed by atoms with Gasteiger partial charge in [-0.15, -0.1) is 24.0 Å². The van der Waals surface area contributed by atoms with Gasteiger partial charge in [-0.25, -0.2) is 4.39 Å². The van der Waals surface area contributed by atoms with Crippen molar-refractivity contribution in [2.75, 3.05) is 20.1 Å². The molecule has 0 fully saturated rings. The van der Waals surface area contributed by atoms with Crippen molar-refractivity contribution in [3.05, 3.63) is 59.8 Å². The molecule has 1 aromatic carbocycles. The zero-order chi connectivity index (χ0) is 14.9. The zero-order valence-corrected chi connectivity index (χ0v) is 14.8. The van der Waals surface area contributed by atoms with E-state index >= 15 is 0 Å². The molecule has 0 saturated carbocycles. The van der Waals surface area contributed by atoms with Crippen molar-refractivity contribution in [3.8, 4) is 0 Å². The van der Waals surface area contributed by atoms with E-state index in [4.69, 9.17) is 4.42 Å². The van der Waals surface area contributed by atoms with Crippen LogP contribution in [0.4, 0.5) is 4.39 Å². The van der Waals surface area contributed by atoms with E-state index in [1.54, 1.807) is 25.4 Å². The second kappa shape index (κ2) is 10.2. The molecule has 0 atom stereocenters. The minimum absolute atomic E-state index is 0. The number of nitrogens with one attached hydrogen (secondary N) is 2. The summed E-state index contributed by atoms with van der Waals surface area (Å²) in [5.74, 6) is 1.47. The Morgan fingerprint density at radius 1 is 1.09 bits per heavy atom. The largest absolute Gasteiger partial charge is 0.469 e. The smallest absolute Gasteiger partial charge is 0.191 e. The summed E-state index contributed by atoms with van der Waals surface area (Å²) in [5.41, 5.74) is 0.705. The summed E-state index contributed by atoms with van der Waals surface area (Å²) in [6.07, 6.45) is 3.07. The zero-order valence-electron chi connectivity index (χ0n) is 12.5. The maximum absolute atomic E-state index is 13.5. The van der Waals surface area contributed by atoms with Gasteiger partial charge in [-0.3, -0.25) is 4.99 Å². The summed E-state index contributed by atoms with van der Waals surface area (Å²) in [6.45, 7) is 1.36. The van der Waals surface area contributed by atoms with Gasteiger partial charge in [0, 0.05) is 26.6 Å². The molecule has 22 heavy (non-hydrogen) atoms. The van der Waals surface area contributed by atoms with Crippen molar-refractivity contribution in [1.29, 1.82) is 0 Å². The Bertz CT molecular complexity index is 573. The second-order valence-electron chi connectivity index (χ2n) is 4.60. The van der Waals surface area contributed by atoms with Crippen LogP contribution in [-0.4, -0.2) is 26.1 Å². The number of nitrogens with zero attached hydrogens (tertiary/aromatic N) is 1. The van der Waals surface area contributed by atoms with Crippen molar-refractivity contribution in [2.45, 2.75) is 12.8 Å². The molecule has 0 amide bonds. The average Bonchev–Trinajstić information content (AvgIpc) is 3.01. The lowest BCUT2D eigenvalue weighted by Crippen LogP contribution is -2.39. The highest BCUT2D eigenvalue weighted by atomic mass is 127. The normalized spacial score (nSPS) is 10.9. The van der Waals surface area contributed by atoms with E-state index < -0.39 is 0 Å². The highest BCUT2D eigenvalue weighted by molar-refractivity contribution is 14.0. The number of hydrogen-bond acceptors (Lipinski definition) is 2. The molecule has 4 nitrogen and oxygen atoms in total. The van der Waals surface area contributed by atoms with Crippen LogP contribution >= 0.6 is 24.0 Å². The van der Waals surface area contributed by atoms with Gasteiger partial charge in [-0.05, 0) is 30.2 Å². The quantitative estimate of drug-likeness (QED) is 0.432. The van der Waals surface area contributed by atoms with Crippen LogP contribution in [0.25, 0.3) is 0 Å². The van der Waals surface area contributed by atoms with Crippen LogP contribution in [0.15, 0.2) is 52.1 Å². The number of benzene rings is 1.